The first-order valence-electron chi connectivity index (χ1n) is 4.33. The van der Waals surface area contributed by atoms with Crippen LogP contribution in [0.3, 0.4) is 0 Å². The first-order chi connectivity index (χ1) is 8.04. The number of hydrogen-bond donors (Lipinski definition) is 0. The largest absolute Gasteiger partial charge is 0.474 e. The molecule has 0 aliphatic carbocycles. The van der Waals surface area contributed by atoms with Crippen LogP contribution < -0.4 is 0 Å². The van der Waals surface area contributed by atoms with Gasteiger partial charge in [-0.15, -0.1) is 0 Å². The summed E-state index contributed by atoms with van der Waals surface area (Å²) in [7, 11) is -6.29. The topological polar surface area (TPSA) is 88.1 Å². The number of rotatable bonds is 8. The van der Waals surface area contributed by atoms with Gasteiger partial charge in [0.1, 0.15) is 0 Å². The zero-order valence-corrected chi connectivity index (χ0v) is 11.2. The number of phosphoric ester groups is 1. The van der Waals surface area contributed by atoms with Crippen LogP contribution in [-0.2, 0) is 32.4 Å². The Morgan fingerprint density at radius 2 is 1.67 bits per heavy atom. The molecule has 0 atom stereocenters. The van der Waals surface area contributed by atoms with Crippen LogP contribution in [-0.4, -0.2) is 47.8 Å². The van der Waals surface area contributed by atoms with E-state index >= 15 is 0 Å². The Morgan fingerprint density at radius 1 is 1.17 bits per heavy atom. The van der Waals surface area contributed by atoms with Gasteiger partial charge < -0.3 is 0 Å². The second kappa shape index (κ2) is 6.83. The molecule has 0 bridgehead atoms. The van der Waals surface area contributed by atoms with Crippen LogP contribution in [0.5, 0.6) is 0 Å². The van der Waals surface area contributed by atoms with E-state index < -0.39 is 43.1 Å². The van der Waals surface area contributed by atoms with Crippen LogP contribution in [0.25, 0.3) is 0 Å². The quantitative estimate of drug-likeness (QED) is 0.493. The SMILES string of the molecule is COP(=O)(OC)OCCS(=O)(=O)OCC(F)(F)F. The van der Waals surface area contributed by atoms with E-state index in [0.717, 1.165) is 14.2 Å². The Bertz CT molecular complexity index is 384. The molecule has 0 aromatic heterocycles. The summed E-state index contributed by atoms with van der Waals surface area (Å²) in [5, 5.41) is 0. The highest BCUT2D eigenvalue weighted by atomic mass is 32.2. The van der Waals surface area contributed by atoms with E-state index in [-0.39, 0.29) is 0 Å². The van der Waals surface area contributed by atoms with Crippen molar-refractivity contribution in [3.05, 3.63) is 0 Å². The summed E-state index contributed by atoms with van der Waals surface area (Å²) in [6, 6.07) is 0. The van der Waals surface area contributed by atoms with Crippen molar-refractivity contribution in [1.29, 1.82) is 0 Å². The highest BCUT2D eigenvalue weighted by Gasteiger charge is 2.31. The second-order valence-electron chi connectivity index (χ2n) is 2.78. The lowest BCUT2D eigenvalue weighted by atomic mass is 10.7. The maximum Gasteiger partial charge on any atom is 0.474 e. The predicted molar refractivity (Wildman–Crippen MR) is 53.4 cm³/mol. The maximum atomic E-state index is 11.7. The van der Waals surface area contributed by atoms with Crippen molar-refractivity contribution in [3.63, 3.8) is 0 Å². The van der Waals surface area contributed by atoms with E-state index in [1.54, 1.807) is 0 Å². The van der Waals surface area contributed by atoms with Crippen LogP contribution in [0, 0.1) is 0 Å². The minimum absolute atomic E-state index is 0.695. The van der Waals surface area contributed by atoms with Crippen LogP contribution in [0.1, 0.15) is 0 Å². The molecule has 0 unspecified atom stereocenters. The van der Waals surface area contributed by atoms with Crippen molar-refractivity contribution < 1.29 is 43.9 Å². The summed E-state index contributed by atoms with van der Waals surface area (Å²) < 4.78 is 85.1. The zero-order valence-electron chi connectivity index (χ0n) is 9.47. The molecule has 0 amide bonds. The molecule has 12 heteroatoms. The third-order valence-electron chi connectivity index (χ3n) is 1.43. The Kier molecular flexibility index (Phi) is 6.75. The molecule has 0 saturated heterocycles. The van der Waals surface area contributed by atoms with Crippen molar-refractivity contribution in [2.75, 3.05) is 33.2 Å². The van der Waals surface area contributed by atoms with Gasteiger partial charge in [-0.25, -0.2) is 4.57 Å². The first-order valence-corrected chi connectivity index (χ1v) is 7.37. The molecule has 0 aromatic carbocycles. The van der Waals surface area contributed by atoms with Gasteiger partial charge in [0.2, 0.25) is 0 Å². The van der Waals surface area contributed by atoms with Gasteiger partial charge in [-0.1, -0.05) is 0 Å². The van der Waals surface area contributed by atoms with Crippen LogP contribution in [0.4, 0.5) is 13.2 Å². The normalized spacial score (nSPS) is 13.8. The number of phosphoric acid groups is 1. The molecule has 0 fully saturated rings. The lowest BCUT2D eigenvalue weighted by Crippen LogP contribution is -2.23. The fraction of sp³-hybridized carbons (Fsp3) is 1.00. The third-order valence-corrected chi connectivity index (χ3v) is 3.97. The smallest absolute Gasteiger partial charge is 0.290 e. The van der Waals surface area contributed by atoms with Crippen LogP contribution in [0.15, 0.2) is 0 Å². The summed E-state index contributed by atoms with van der Waals surface area (Å²) in [6.07, 6.45) is -4.76. The number of hydrogen-bond acceptors (Lipinski definition) is 7. The molecular formula is C6H12F3O7PS. The fourth-order valence-electron chi connectivity index (χ4n) is 0.647. The van der Waals surface area contributed by atoms with E-state index in [2.05, 4.69) is 17.8 Å². The molecular weight excluding hydrogens is 304 g/mol. The van der Waals surface area contributed by atoms with E-state index in [9.17, 15) is 26.2 Å². The summed E-state index contributed by atoms with van der Waals surface area (Å²) in [6.45, 7) is -2.62. The average molecular weight is 316 g/mol. The van der Waals surface area contributed by atoms with Gasteiger partial charge in [0.15, 0.2) is 6.61 Å². The van der Waals surface area contributed by atoms with Gasteiger partial charge in [0, 0.05) is 14.2 Å². The molecule has 0 spiro atoms. The van der Waals surface area contributed by atoms with Gasteiger partial charge in [0.25, 0.3) is 10.1 Å². The van der Waals surface area contributed by atoms with E-state index in [0.29, 0.717) is 0 Å². The van der Waals surface area contributed by atoms with E-state index in [1.165, 1.54) is 0 Å². The molecule has 0 heterocycles. The Hall–Kier alpha value is -0.190. The molecule has 0 rings (SSSR count). The van der Waals surface area contributed by atoms with Crippen molar-refractivity contribution in [3.8, 4) is 0 Å². The number of halogens is 3. The van der Waals surface area contributed by atoms with Crippen LogP contribution in [0.2, 0.25) is 0 Å². The third kappa shape index (κ3) is 8.01. The van der Waals surface area contributed by atoms with Gasteiger partial charge in [0.05, 0.1) is 12.4 Å². The summed E-state index contributed by atoms with van der Waals surface area (Å²) in [5.41, 5.74) is 0. The Labute approximate surface area is 102 Å². The van der Waals surface area contributed by atoms with Gasteiger partial charge >= 0.3 is 14.0 Å². The maximum absolute atomic E-state index is 11.7. The minimum Gasteiger partial charge on any atom is -0.290 e. The highest BCUT2D eigenvalue weighted by Crippen LogP contribution is 2.47. The zero-order chi connectivity index (χ0) is 14.4. The van der Waals surface area contributed by atoms with E-state index in [4.69, 9.17) is 0 Å². The molecule has 110 valence electrons. The summed E-state index contributed by atoms with van der Waals surface area (Å²) >= 11 is 0. The molecule has 0 N–H and O–H groups in total. The van der Waals surface area contributed by atoms with Crippen molar-refractivity contribution in [2.24, 2.45) is 0 Å². The lowest BCUT2D eigenvalue weighted by molar-refractivity contribution is -0.152. The molecule has 18 heavy (non-hydrogen) atoms. The fourth-order valence-corrected chi connectivity index (χ4v) is 2.16. The predicted octanol–water partition coefficient (Wildman–Crippen LogP) is 1.31. The molecule has 0 saturated carbocycles. The summed E-state index contributed by atoms with van der Waals surface area (Å²) in [4.78, 5) is 0. The summed E-state index contributed by atoms with van der Waals surface area (Å²) in [5.74, 6) is -0.917. The van der Waals surface area contributed by atoms with Crippen molar-refractivity contribution >= 4 is 17.9 Å². The van der Waals surface area contributed by atoms with Gasteiger partial charge in [-0.2, -0.15) is 21.6 Å². The van der Waals surface area contributed by atoms with Crippen LogP contribution >= 0.6 is 7.82 Å². The molecule has 0 aliphatic rings. The lowest BCUT2D eigenvalue weighted by Gasteiger charge is -2.13. The Morgan fingerprint density at radius 3 is 2.06 bits per heavy atom. The van der Waals surface area contributed by atoms with E-state index in [1.807, 2.05) is 0 Å². The average Bonchev–Trinajstić information content (AvgIpc) is 2.25. The van der Waals surface area contributed by atoms with Crippen molar-refractivity contribution in [2.45, 2.75) is 6.18 Å². The van der Waals surface area contributed by atoms with Crippen molar-refractivity contribution in [1.82, 2.24) is 0 Å². The monoisotopic (exact) mass is 316 g/mol. The first kappa shape index (κ1) is 17.8. The van der Waals surface area contributed by atoms with Gasteiger partial charge in [-0.3, -0.25) is 17.8 Å². The standard InChI is InChI=1S/C6H12F3O7PS/c1-13-17(10,14-2)15-3-4-18(11,12)16-5-6(7,8)9/h3-5H2,1-2H3. The second-order valence-corrected chi connectivity index (χ2v) is 6.43. The molecule has 0 aliphatic heterocycles. The van der Waals surface area contributed by atoms with Gasteiger partial charge in [-0.05, 0) is 0 Å². The molecule has 0 radical (unpaired) electrons. The minimum atomic E-state index is -4.76. The highest BCUT2D eigenvalue weighted by molar-refractivity contribution is 7.86. The molecule has 7 nitrogen and oxygen atoms in total. The molecule has 0 aromatic rings. The Balaban J connectivity index is 4.17. The number of alkyl halides is 3.